The lowest BCUT2D eigenvalue weighted by molar-refractivity contribution is -0.119. The zero-order chi connectivity index (χ0) is 19.3. The minimum atomic E-state index is -0.396. The molecule has 0 radical (unpaired) electrons. The number of benzene rings is 1. The Morgan fingerprint density at radius 2 is 1.85 bits per heavy atom. The standard InChI is InChI=1S/C19H27N3O3S/c1-19(2,3)26-12-16(23)21-17(18-20-7-8-22(18)4)13-9-14(24-5)11-15(10-13)25-6/h7-11,17H,12H2,1-6H3,(H,21,23). The summed E-state index contributed by atoms with van der Waals surface area (Å²) in [7, 11) is 5.11. The highest BCUT2D eigenvalue weighted by Gasteiger charge is 2.23. The van der Waals surface area contributed by atoms with Gasteiger partial charge in [-0.1, -0.05) is 20.8 Å². The number of nitrogens with zero attached hydrogens (tertiary/aromatic N) is 2. The van der Waals surface area contributed by atoms with Crippen molar-refractivity contribution in [2.24, 2.45) is 7.05 Å². The van der Waals surface area contributed by atoms with Crippen LogP contribution in [0.25, 0.3) is 0 Å². The van der Waals surface area contributed by atoms with E-state index in [9.17, 15) is 4.79 Å². The molecule has 0 saturated carbocycles. The van der Waals surface area contributed by atoms with Gasteiger partial charge in [0.05, 0.1) is 20.0 Å². The first-order valence-corrected chi connectivity index (χ1v) is 9.35. The fourth-order valence-electron chi connectivity index (χ4n) is 2.43. The van der Waals surface area contributed by atoms with E-state index < -0.39 is 6.04 Å². The Balaban J connectivity index is 2.34. The van der Waals surface area contributed by atoms with Crippen LogP contribution in [0.15, 0.2) is 30.6 Å². The van der Waals surface area contributed by atoms with E-state index in [0.29, 0.717) is 17.3 Å². The Hall–Kier alpha value is -2.15. The molecule has 1 atom stereocenters. The number of rotatable bonds is 7. The molecule has 0 aliphatic carbocycles. The minimum Gasteiger partial charge on any atom is -0.497 e. The van der Waals surface area contributed by atoms with Crippen molar-refractivity contribution in [3.8, 4) is 11.5 Å². The third-order valence-electron chi connectivity index (χ3n) is 3.77. The van der Waals surface area contributed by atoms with E-state index in [2.05, 4.69) is 31.1 Å². The first kappa shape index (κ1) is 20.2. The molecule has 7 heteroatoms. The molecular formula is C19H27N3O3S. The number of aromatic nitrogens is 2. The van der Waals surface area contributed by atoms with Gasteiger partial charge in [0.25, 0.3) is 0 Å². The average Bonchev–Trinajstić information content (AvgIpc) is 3.02. The largest absolute Gasteiger partial charge is 0.497 e. The maximum atomic E-state index is 12.6. The molecule has 1 heterocycles. The number of ether oxygens (including phenoxy) is 2. The molecular weight excluding hydrogens is 350 g/mol. The number of thioether (sulfide) groups is 1. The summed E-state index contributed by atoms with van der Waals surface area (Å²) >= 11 is 1.61. The van der Waals surface area contributed by atoms with Crippen LogP contribution in [0.4, 0.5) is 0 Å². The summed E-state index contributed by atoms with van der Waals surface area (Å²) in [5.41, 5.74) is 0.851. The molecule has 0 fully saturated rings. The molecule has 26 heavy (non-hydrogen) atoms. The van der Waals surface area contributed by atoms with Crippen LogP contribution in [0, 0.1) is 0 Å². The maximum Gasteiger partial charge on any atom is 0.230 e. The second-order valence-electron chi connectivity index (χ2n) is 6.94. The summed E-state index contributed by atoms with van der Waals surface area (Å²) in [6, 6.07) is 5.18. The van der Waals surface area contributed by atoms with Crippen LogP contribution < -0.4 is 14.8 Å². The Bertz CT molecular complexity index is 730. The lowest BCUT2D eigenvalue weighted by atomic mass is 10.0. The Kier molecular flexibility index (Phi) is 6.58. The highest BCUT2D eigenvalue weighted by Crippen LogP contribution is 2.30. The molecule has 1 amide bonds. The molecule has 0 saturated heterocycles. The molecule has 142 valence electrons. The molecule has 1 aromatic carbocycles. The lowest BCUT2D eigenvalue weighted by Gasteiger charge is -2.22. The highest BCUT2D eigenvalue weighted by atomic mass is 32.2. The van der Waals surface area contributed by atoms with Crippen molar-refractivity contribution < 1.29 is 14.3 Å². The van der Waals surface area contributed by atoms with Crippen molar-refractivity contribution in [3.05, 3.63) is 42.0 Å². The van der Waals surface area contributed by atoms with Gasteiger partial charge in [-0.05, 0) is 17.7 Å². The van der Waals surface area contributed by atoms with Crippen molar-refractivity contribution in [1.82, 2.24) is 14.9 Å². The number of nitrogens with one attached hydrogen (secondary N) is 1. The number of methoxy groups -OCH3 is 2. The van der Waals surface area contributed by atoms with Gasteiger partial charge in [-0.2, -0.15) is 0 Å². The maximum absolute atomic E-state index is 12.6. The van der Waals surface area contributed by atoms with Crippen molar-refractivity contribution in [3.63, 3.8) is 0 Å². The van der Waals surface area contributed by atoms with Crippen LogP contribution in [0.2, 0.25) is 0 Å². The Morgan fingerprint density at radius 3 is 2.31 bits per heavy atom. The van der Waals surface area contributed by atoms with E-state index in [0.717, 1.165) is 11.4 Å². The Morgan fingerprint density at radius 1 is 1.23 bits per heavy atom. The topological polar surface area (TPSA) is 65.4 Å². The fraction of sp³-hybridized carbons (Fsp3) is 0.474. The van der Waals surface area contributed by atoms with Crippen molar-refractivity contribution >= 4 is 17.7 Å². The fourth-order valence-corrected chi connectivity index (χ4v) is 3.08. The molecule has 0 aliphatic rings. The predicted octanol–water partition coefficient (Wildman–Crippen LogP) is 3.17. The molecule has 0 spiro atoms. The summed E-state index contributed by atoms with van der Waals surface area (Å²) in [5.74, 6) is 2.41. The quantitative estimate of drug-likeness (QED) is 0.803. The van der Waals surface area contributed by atoms with E-state index in [-0.39, 0.29) is 10.7 Å². The smallest absolute Gasteiger partial charge is 0.230 e. The lowest BCUT2D eigenvalue weighted by Crippen LogP contribution is -2.33. The van der Waals surface area contributed by atoms with Crippen molar-refractivity contribution in [2.45, 2.75) is 31.6 Å². The van der Waals surface area contributed by atoms with Crippen LogP contribution in [0.1, 0.15) is 38.2 Å². The van der Waals surface area contributed by atoms with Gasteiger partial charge in [0.15, 0.2) is 0 Å². The molecule has 1 N–H and O–H groups in total. The monoisotopic (exact) mass is 377 g/mol. The second-order valence-corrected chi connectivity index (χ2v) is 8.75. The first-order valence-electron chi connectivity index (χ1n) is 8.37. The zero-order valence-electron chi connectivity index (χ0n) is 16.2. The summed E-state index contributed by atoms with van der Waals surface area (Å²) < 4.78 is 12.7. The minimum absolute atomic E-state index is 0.0231. The van der Waals surface area contributed by atoms with Gasteiger partial charge in [-0.25, -0.2) is 4.98 Å². The predicted molar refractivity (Wildman–Crippen MR) is 105 cm³/mol. The zero-order valence-corrected chi connectivity index (χ0v) is 17.0. The van der Waals surface area contributed by atoms with E-state index >= 15 is 0 Å². The van der Waals surface area contributed by atoms with E-state index in [1.54, 1.807) is 38.2 Å². The number of aryl methyl sites for hydroxylation is 1. The van der Waals surface area contributed by atoms with E-state index in [4.69, 9.17) is 9.47 Å². The van der Waals surface area contributed by atoms with Crippen molar-refractivity contribution in [2.75, 3.05) is 20.0 Å². The van der Waals surface area contributed by atoms with Crippen LogP contribution in [0.3, 0.4) is 0 Å². The molecule has 1 unspecified atom stereocenters. The van der Waals surface area contributed by atoms with Gasteiger partial charge in [0, 0.05) is 30.3 Å². The van der Waals surface area contributed by atoms with Gasteiger partial charge in [-0.3, -0.25) is 4.79 Å². The molecule has 2 rings (SSSR count). The van der Waals surface area contributed by atoms with Crippen molar-refractivity contribution in [1.29, 1.82) is 0 Å². The second kappa shape index (κ2) is 8.49. The van der Waals surface area contributed by atoms with Crippen LogP contribution in [0.5, 0.6) is 11.5 Å². The van der Waals surface area contributed by atoms with Crippen LogP contribution in [-0.4, -0.2) is 40.2 Å². The summed E-state index contributed by atoms with van der Waals surface area (Å²) in [4.78, 5) is 17.0. The number of hydrogen-bond donors (Lipinski definition) is 1. The first-order chi connectivity index (χ1) is 12.2. The summed E-state index contributed by atoms with van der Waals surface area (Å²) in [6.07, 6.45) is 3.57. The molecule has 0 aliphatic heterocycles. The number of carbonyl (C=O) groups is 1. The van der Waals surface area contributed by atoms with Crippen LogP contribution >= 0.6 is 11.8 Å². The highest BCUT2D eigenvalue weighted by molar-refractivity contribution is 8.01. The molecule has 2 aromatic rings. The molecule has 6 nitrogen and oxygen atoms in total. The van der Waals surface area contributed by atoms with Crippen LogP contribution in [-0.2, 0) is 11.8 Å². The van der Waals surface area contributed by atoms with E-state index in [1.807, 2.05) is 29.9 Å². The number of carbonyl (C=O) groups excluding carboxylic acids is 1. The third-order valence-corrected chi connectivity index (χ3v) is 5.04. The van der Waals surface area contributed by atoms with Gasteiger partial charge >= 0.3 is 0 Å². The SMILES string of the molecule is COc1cc(OC)cc(C(NC(=O)CSC(C)(C)C)c2nccn2C)c1. The summed E-state index contributed by atoms with van der Waals surface area (Å²) in [5, 5.41) is 3.10. The Labute approximate surface area is 159 Å². The molecule has 0 bridgehead atoms. The molecule has 1 aromatic heterocycles. The number of imidazole rings is 1. The third kappa shape index (κ3) is 5.42. The normalized spacial score (nSPS) is 12.5. The van der Waals surface area contributed by atoms with Gasteiger partial charge < -0.3 is 19.4 Å². The number of hydrogen-bond acceptors (Lipinski definition) is 5. The van der Waals surface area contributed by atoms with Gasteiger partial charge in [0.1, 0.15) is 23.4 Å². The number of amides is 1. The summed E-state index contributed by atoms with van der Waals surface area (Å²) in [6.45, 7) is 6.27. The van der Waals surface area contributed by atoms with Gasteiger partial charge in [0.2, 0.25) is 5.91 Å². The van der Waals surface area contributed by atoms with Gasteiger partial charge in [-0.15, -0.1) is 11.8 Å². The average molecular weight is 378 g/mol. The van der Waals surface area contributed by atoms with E-state index in [1.165, 1.54) is 0 Å².